The monoisotopic (exact) mass is 358 g/mol. The van der Waals surface area contributed by atoms with Crippen LogP contribution in [0.3, 0.4) is 0 Å². The summed E-state index contributed by atoms with van der Waals surface area (Å²) in [6.07, 6.45) is -0.0980. The van der Waals surface area contributed by atoms with Crippen LogP contribution in [-0.4, -0.2) is 47.2 Å². The molecule has 0 radical (unpaired) electrons. The Morgan fingerprint density at radius 3 is 2.48 bits per heavy atom. The first-order valence-corrected chi connectivity index (χ1v) is 6.90. The summed E-state index contributed by atoms with van der Waals surface area (Å²) in [7, 11) is 0. The standard InChI is InChI=1S/C13H15BrN2O5/c14-9-4-2-1-3-8(9)12(19)15-7-11(18)16-10(5-6-17)13(20)21/h1-4,10,17H,5-7H2,(H,15,19)(H,16,18)(H,20,21). The number of carbonyl (C=O) groups is 3. The molecule has 0 aliphatic rings. The van der Waals surface area contributed by atoms with Gasteiger partial charge in [-0.3, -0.25) is 9.59 Å². The first-order chi connectivity index (χ1) is 9.95. The van der Waals surface area contributed by atoms with Gasteiger partial charge in [-0.05, 0) is 28.1 Å². The smallest absolute Gasteiger partial charge is 0.326 e. The van der Waals surface area contributed by atoms with E-state index in [2.05, 4.69) is 26.6 Å². The van der Waals surface area contributed by atoms with Crippen LogP contribution in [0.5, 0.6) is 0 Å². The number of aliphatic hydroxyl groups excluding tert-OH is 1. The summed E-state index contributed by atoms with van der Waals surface area (Å²) in [4.78, 5) is 34.2. The molecule has 0 aliphatic heterocycles. The second-order valence-electron chi connectivity index (χ2n) is 4.13. The largest absolute Gasteiger partial charge is 0.480 e. The molecule has 0 saturated carbocycles. The minimum Gasteiger partial charge on any atom is -0.480 e. The Morgan fingerprint density at radius 1 is 1.24 bits per heavy atom. The lowest BCUT2D eigenvalue weighted by atomic mass is 10.2. The summed E-state index contributed by atoms with van der Waals surface area (Å²) in [6, 6.07) is 5.53. The quantitative estimate of drug-likeness (QED) is 0.552. The zero-order valence-electron chi connectivity index (χ0n) is 11.0. The molecule has 0 saturated heterocycles. The van der Waals surface area contributed by atoms with Crippen LogP contribution >= 0.6 is 15.9 Å². The second kappa shape index (κ2) is 8.38. The highest BCUT2D eigenvalue weighted by Crippen LogP contribution is 2.15. The molecule has 0 heterocycles. The first-order valence-electron chi connectivity index (χ1n) is 6.11. The van der Waals surface area contributed by atoms with Crippen molar-refractivity contribution in [3.63, 3.8) is 0 Å². The number of benzene rings is 1. The molecule has 1 aromatic rings. The highest BCUT2D eigenvalue weighted by Gasteiger charge is 2.19. The third kappa shape index (κ3) is 5.52. The van der Waals surface area contributed by atoms with E-state index in [1.807, 2.05) is 0 Å². The van der Waals surface area contributed by atoms with Gasteiger partial charge in [-0.25, -0.2) is 4.79 Å². The van der Waals surface area contributed by atoms with Crippen LogP contribution in [0.2, 0.25) is 0 Å². The third-order valence-corrected chi connectivity index (χ3v) is 3.27. The van der Waals surface area contributed by atoms with Crippen molar-refractivity contribution in [1.29, 1.82) is 0 Å². The van der Waals surface area contributed by atoms with E-state index in [0.29, 0.717) is 10.0 Å². The fraction of sp³-hybridized carbons (Fsp3) is 0.308. The van der Waals surface area contributed by atoms with E-state index < -0.39 is 23.8 Å². The van der Waals surface area contributed by atoms with Crippen LogP contribution in [0.25, 0.3) is 0 Å². The molecule has 7 nitrogen and oxygen atoms in total. The maximum Gasteiger partial charge on any atom is 0.326 e. The number of rotatable bonds is 7. The number of aliphatic carboxylic acids is 1. The minimum atomic E-state index is -1.24. The Labute approximate surface area is 129 Å². The van der Waals surface area contributed by atoms with Gasteiger partial charge in [-0.2, -0.15) is 0 Å². The van der Waals surface area contributed by atoms with Crippen molar-refractivity contribution in [3.05, 3.63) is 34.3 Å². The van der Waals surface area contributed by atoms with Crippen molar-refractivity contribution >= 4 is 33.7 Å². The van der Waals surface area contributed by atoms with Gasteiger partial charge in [0.15, 0.2) is 0 Å². The summed E-state index contributed by atoms with van der Waals surface area (Å²) >= 11 is 3.22. The Morgan fingerprint density at radius 2 is 1.90 bits per heavy atom. The van der Waals surface area contributed by atoms with Gasteiger partial charge in [0, 0.05) is 17.5 Å². The number of nitrogens with one attached hydrogen (secondary N) is 2. The van der Waals surface area contributed by atoms with E-state index in [-0.39, 0.29) is 19.6 Å². The zero-order chi connectivity index (χ0) is 15.8. The Bertz CT molecular complexity index is 535. The van der Waals surface area contributed by atoms with E-state index in [1.54, 1.807) is 24.3 Å². The summed E-state index contributed by atoms with van der Waals surface area (Å²) in [5, 5.41) is 22.1. The molecule has 0 fully saturated rings. The molecule has 0 aliphatic carbocycles. The molecule has 0 aromatic heterocycles. The summed E-state index contributed by atoms with van der Waals surface area (Å²) in [6.45, 7) is -0.712. The number of hydrogen-bond donors (Lipinski definition) is 4. The molecule has 0 spiro atoms. The van der Waals surface area contributed by atoms with Crippen LogP contribution in [0.1, 0.15) is 16.8 Å². The number of carboxylic acid groups (broad SMARTS) is 1. The molecule has 1 aromatic carbocycles. The number of aliphatic hydroxyl groups is 1. The average Bonchev–Trinajstić information content (AvgIpc) is 2.44. The van der Waals surface area contributed by atoms with Crippen LogP contribution < -0.4 is 10.6 Å². The molecule has 1 rings (SSSR count). The summed E-state index contributed by atoms with van der Waals surface area (Å²) in [5.74, 6) is -2.34. The van der Waals surface area contributed by atoms with Crippen LogP contribution in [0.15, 0.2) is 28.7 Å². The molecule has 1 atom stereocenters. The van der Waals surface area contributed by atoms with Crippen molar-refractivity contribution in [3.8, 4) is 0 Å². The number of carbonyl (C=O) groups excluding carboxylic acids is 2. The highest BCUT2D eigenvalue weighted by molar-refractivity contribution is 9.10. The lowest BCUT2D eigenvalue weighted by Crippen LogP contribution is -2.45. The molecule has 2 amide bonds. The van der Waals surface area contributed by atoms with Crippen LogP contribution in [0.4, 0.5) is 0 Å². The molecule has 1 unspecified atom stereocenters. The number of carboxylic acids is 1. The van der Waals surface area contributed by atoms with Gasteiger partial charge in [-0.15, -0.1) is 0 Å². The van der Waals surface area contributed by atoms with Gasteiger partial charge in [0.25, 0.3) is 5.91 Å². The first kappa shape index (κ1) is 17.1. The van der Waals surface area contributed by atoms with Crippen molar-refractivity contribution < 1.29 is 24.6 Å². The molecular formula is C13H15BrN2O5. The zero-order valence-corrected chi connectivity index (χ0v) is 12.6. The van der Waals surface area contributed by atoms with Crippen molar-refractivity contribution in [2.45, 2.75) is 12.5 Å². The Hall–Kier alpha value is -1.93. The second-order valence-corrected chi connectivity index (χ2v) is 4.99. The van der Waals surface area contributed by atoms with E-state index in [0.717, 1.165) is 0 Å². The maximum absolute atomic E-state index is 11.8. The van der Waals surface area contributed by atoms with Crippen LogP contribution in [-0.2, 0) is 9.59 Å². The van der Waals surface area contributed by atoms with Gasteiger partial charge >= 0.3 is 5.97 Å². The SMILES string of the molecule is O=C(CNC(=O)c1ccccc1Br)NC(CCO)C(=O)O. The molecule has 21 heavy (non-hydrogen) atoms. The van der Waals surface area contributed by atoms with E-state index in [9.17, 15) is 14.4 Å². The minimum absolute atomic E-state index is 0.0980. The van der Waals surface area contributed by atoms with E-state index in [4.69, 9.17) is 10.2 Å². The van der Waals surface area contributed by atoms with E-state index in [1.165, 1.54) is 0 Å². The molecule has 8 heteroatoms. The summed E-state index contributed by atoms with van der Waals surface area (Å²) < 4.78 is 0.589. The van der Waals surface area contributed by atoms with E-state index >= 15 is 0 Å². The maximum atomic E-state index is 11.8. The lowest BCUT2D eigenvalue weighted by Gasteiger charge is -2.13. The van der Waals surface area contributed by atoms with Gasteiger partial charge in [0.05, 0.1) is 12.1 Å². The molecule has 114 valence electrons. The predicted octanol–water partition coefficient (Wildman–Crippen LogP) is 0.131. The number of amides is 2. The normalized spacial score (nSPS) is 11.5. The Balaban J connectivity index is 2.51. The van der Waals surface area contributed by atoms with Gasteiger partial charge in [0.1, 0.15) is 6.04 Å². The van der Waals surface area contributed by atoms with Crippen molar-refractivity contribution in [2.75, 3.05) is 13.2 Å². The van der Waals surface area contributed by atoms with Crippen molar-refractivity contribution in [1.82, 2.24) is 10.6 Å². The fourth-order valence-corrected chi connectivity index (χ4v) is 2.00. The average molecular weight is 359 g/mol. The Kier molecular flexibility index (Phi) is 6.83. The molecule has 0 bridgehead atoms. The van der Waals surface area contributed by atoms with Crippen molar-refractivity contribution in [2.24, 2.45) is 0 Å². The topological polar surface area (TPSA) is 116 Å². The number of halogens is 1. The number of hydrogen-bond acceptors (Lipinski definition) is 4. The van der Waals surface area contributed by atoms with Crippen LogP contribution in [0, 0.1) is 0 Å². The molecule has 4 N–H and O–H groups in total. The third-order valence-electron chi connectivity index (χ3n) is 2.58. The van der Waals surface area contributed by atoms with Gasteiger partial charge in [-0.1, -0.05) is 12.1 Å². The lowest BCUT2D eigenvalue weighted by molar-refractivity contribution is -0.142. The van der Waals surface area contributed by atoms with Gasteiger partial charge in [0.2, 0.25) is 5.91 Å². The predicted molar refractivity (Wildman–Crippen MR) is 77.7 cm³/mol. The highest BCUT2D eigenvalue weighted by atomic mass is 79.9. The summed E-state index contributed by atoms with van der Waals surface area (Å²) in [5.41, 5.74) is 0.371. The molecular weight excluding hydrogens is 344 g/mol. The fourth-order valence-electron chi connectivity index (χ4n) is 1.53. The van der Waals surface area contributed by atoms with Gasteiger partial charge < -0.3 is 20.8 Å².